The smallest absolute Gasteiger partial charge is 0.338 e. The van der Waals surface area contributed by atoms with E-state index in [2.05, 4.69) is 0 Å². The number of hydrogen-bond donors (Lipinski definition) is 3. The number of ketones is 1. The highest BCUT2D eigenvalue weighted by Gasteiger charge is 2.81. The highest BCUT2D eigenvalue weighted by Crippen LogP contribution is 2.71. The monoisotopic (exact) mass is 568 g/mol. The first-order chi connectivity index (χ1) is 19.2. The van der Waals surface area contributed by atoms with Crippen LogP contribution < -0.4 is 0 Å². The van der Waals surface area contributed by atoms with Gasteiger partial charge in [0.05, 0.1) is 11.7 Å². The van der Waals surface area contributed by atoms with Gasteiger partial charge in [-0.15, -0.1) is 0 Å². The Morgan fingerprint density at radius 1 is 0.951 bits per heavy atom. The van der Waals surface area contributed by atoms with E-state index >= 15 is 0 Å². The molecule has 8 nitrogen and oxygen atoms in total. The van der Waals surface area contributed by atoms with Crippen LogP contribution in [0.4, 0.5) is 0 Å². The number of fused-ring (bicyclic) bond motifs is 5. The molecule has 41 heavy (non-hydrogen) atoms. The Kier molecular flexibility index (Phi) is 7.53. The fourth-order valence-corrected chi connectivity index (χ4v) is 9.34. The molecule has 8 heteroatoms. The second-order valence-corrected chi connectivity index (χ2v) is 13.4. The molecule has 1 aromatic rings. The largest absolute Gasteiger partial charge is 0.454 e. The van der Waals surface area contributed by atoms with Crippen molar-refractivity contribution in [3.05, 3.63) is 47.5 Å². The Morgan fingerprint density at radius 3 is 2.27 bits per heavy atom. The van der Waals surface area contributed by atoms with Gasteiger partial charge in [-0.05, 0) is 89.2 Å². The van der Waals surface area contributed by atoms with E-state index in [1.807, 2.05) is 6.92 Å². The average Bonchev–Trinajstić information content (AvgIpc) is 3.23. The van der Waals surface area contributed by atoms with E-state index in [1.165, 1.54) is 6.92 Å². The summed E-state index contributed by atoms with van der Waals surface area (Å²) in [4.78, 5) is 40.2. The van der Waals surface area contributed by atoms with Crippen molar-refractivity contribution in [2.24, 2.45) is 28.6 Å². The molecule has 0 spiro atoms. The Bertz CT molecular complexity index is 1240. The molecule has 0 radical (unpaired) electrons. The second-order valence-electron chi connectivity index (χ2n) is 13.4. The number of aliphatic hydroxyl groups excluding tert-OH is 1. The van der Waals surface area contributed by atoms with E-state index in [0.29, 0.717) is 43.2 Å². The van der Waals surface area contributed by atoms with Gasteiger partial charge in [0.25, 0.3) is 0 Å². The van der Waals surface area contributed by atoms with Crippen molar-refractivity contribution in [2.45, 2.75) is 109 Å². The molecule has 0 unspecified atom stereocenters. The number of ether oxygens (including phenoxy) is 2. The summed E-state index contributed by atoms with van der Waals surface area (Å²) >= 11 is 0. The molecule has 0 aliphatic heterocycles. The predicted molar refractivity (Wildman–Crippen MR) is 151 cm³/mol. The summed E-state index contributed by atoms with van der Waals surface area (Å²) in [5, 5.41) is 36.2. The molecule has 4 fully saturated rings. The number of Topliss-reactive ketones (excluding diaryl/α,β-unsaturated/α-hetero) is 1. The lowest BCUT2D eigenvalue weighted by atomic mass is 9.39. The van der Waals surface area contributed by atoms with Crippen molar-refractivity contribution in [2.75, 3.05) is 0 Å². The van der Waals surface area contributed by atoms with Gasteiger partial charge >= 0.3 is 11.9 Å². The van der Waals surface area contributed by atoms with Crippen LogP contribution in [0.2, 0.25) is 0 Å². The lowest BCUT2D eigenvalue weighted by Crippen LogP contribution is -2.81. The molecule has 0 bridgehead atoms. The van der Waals surface area contributed by atoms with Crippen LogP contribution in [-0.2, 0) is 19.1 Å². The van der Waals surface area contributed by atoms with Crippen molar-refractivity contribution >= 4 is 17.7 Å². The molecule has 5 rings (SSSR count). The van der Waals surface area contributed by atoms with Crippen LogP contribution in [-0.4, -0.2) is 62.6 Å². The van der Waals surface area contributed by atoms with Crippen LogP contribution >= 0.6 is 0 Å². The number of hydrogen-bond acceptors (Lipinski definition) is 8. The molecule has 0 aromatic heterocycles. The minimum absolute atomic E-state index is 0.000964. The summed E-state index contributed by atoms with van der Waals surface area (Å²) in [7, 11) is 0. The lowest BCUT2D eigenvalue weighted by Gasteiger charge is -2.69. The lowest BCUT2D eigenvalue weighted by molar-refractivity contribution is -0.346. The summed E-state index contributed by atoms with van der Waals surface area (Å²) in [5.41, 5.74) is -4.92. The third kappa shape index (κ3) is 4.23. The Balaban J connectivity index is 1.73. The van der Waals surface area contributed by atoms with Crippen molar-refractivity contribution < 1.29 is 39.2 Å². The zero-order valence-electron chi connectivity index (χ0n) is 24.8. The van der Waals surface area contributed by atoms with Gasteiger partial charge in [0.2, 0.25) is 0 Å². The van der Waals surface area contributed by atoms with Crippen molar-refractivity contribution in [1.29, 1.82) is 0 Å². The summed E-state index contributed by atoms with van der Waals surface area (Å²) in [6, 6.07) is 8.51. The maximum absolute atomic E-state index is 13.7. The van der Waals surface area contributed by atoms with Crippen molar-refractivity contribution in [1.82, 2.24) is 0 Å². The molecule has 0 amide bonds. The number of carbonyl (C=O) groups is 3. The number of esters is 2. The van der Waals surface area contributed by atoms with E-state index in [0.717, 1.165) is 0 Å². The van der Waals surface area contributed by atoms with Crippen molar-refractivity contribution in [3.63, 3.8) is 0 Å². The molecule has 4 saturated carbocycles. The van der Waals surface area contributed by atoms with Crippen LogP contribution in [0.1, 0.15) is 89.9 Å². The maximum atomic E-state index is 13.7. The molecular weight excluding hydrogens is 524 g/mol. The van der Waals surface area contributed by atoms with E-state index in [-0.39, 0.29) is 24.5 Å². The Hall–Kier alpha value is -2.55. The summed E-state index contributed by atoms with van der Waals surface area (Å²) in [5.74, 6) is -2.96. The third-order valence-electron chi connectivity index (χ3n) is 11.7. The van der Waals surface area contributed by atoms with E-state index in [1.54, 1.807) is 57.2 Å². The van der Waals surface area contributed by atoms with Gasteiger partial charge in [0.1, 0.15) is 29.2 Å². The summed E-state index contributed by atoms with van der Waals surface area (Å²) in [6.45, 7) is 8.56. The molecule has 10 atom stereocenters. The number of aliphatic hydroxyl groups is 3. The molecule has 4 aliphatic rings. The topological polar surface area (TPSA) is 130 Å². The van der Waals surface area contributed by atoms with Crippen LogP contribution in [0.3, 0.4) is 0 Å². The fraction of sp³-hybridized carbons (Fsp3) is 0.667. The first-order valence-corrected chi connectivity index (χ1v) is 15.0. The molecule has 4 aliphatic carbocycles. The highest BCUT2D eigenvalue weighted by atomic mass is 16.6. The van der Waals surface area contributed by atoms with Gasteiger partial charge in [0, 0.05) is 22.8 Å². The molecular formula is C33H44O8. The minimum atomic E-state index is -1.78. The standard InChI is InChI=1S/C33H44O8/c1-6-19(2)28(36)41-27-25(40-29(37)21-10-8-7-9-11-21)26-30(4)15-13-23(35)18-22(30)12-16-32(26,38)33(39)17-14-24(20(3)34)31(27,33)5/h6-11,22-27,35,38-39H,12-18H2,1-5H3/b19-6+/t22-,23-,24+,25-,26+,27+,30-,31-,32-,33+/m0/s1. The normalized spacial score (nSPS) is 43.8. The number of carbonyl (C=O) groups excluding carboxylic acids is 3. The Morgan fingerprint density at radius 2 is 1.63 bits per heavy atom. The van der Waals surface area contributed by atoms with Gasteiger partial charge < -0.3 is 24.8 Å². The van der Waals surface area contributed by atoms with E-state index in [9.17, 15) is 29.7 Å². The highest BCUT2D eigenvalue weighted by molar-refractivity contribution is 5.90. The molecule has 3 N–H and O–H groups in total. The second kappa shape index (κ2) is 10.3. The van der Waals surface area contributed by atoms with Crippen LogP contribution in [0.15, 0.2) is 42.0 Å². The van der Waals surface area contributed by atoms with E-state index in [4.69, 9.17) is 9.47 Å². The first-order valence-electron chi connectivity index (χ1n) is 15.0. The number of allylic oxidation sites excluding steroid dienone is 1. The average molecular weight is 569 g/mol. The molecule has 1 aromatic carbocycles. The fourth-order valence-electron chi connectivity index (χ4n) is 9.34. The molecule has 224 valence electrons. The van der Waals surface area contributed by atoms with Crippen LogP contribution in [0.25, 0.3) is 0 Å². The van der Waals surface area contributed by atoms with Gasteiger partial charge in [-0.3, -0.25) is 4.79 Å². The summed E-state index contributed by atoms with van der Waals surface area (Å²) in [6.07, 6.45) is 1.65. The van der Waals surface area contributed by atoms with Crippen LogP contribution in [0.5, 0.6) is 0 Å². The number of rotatable bonds is 5. The van der Waals surface area contributed by atoms with Gasteiger partial charge in [0.15, 0.2) is 0 Å². The third-order valence-corrected chi connectivity index (χ3v) is 11.7. The van der Waals surface area contributed by atoms with E-state index < -0.39 is 64.1 Å². The Labute approximate surface area is 242 Å². The number of benzene rings is 1. The molecule has 0 heterocycles. The summed E-state index contributed by atoms with van der Waals surface area (Å²) < 4.78 is 12.6. The van der Waals surface area contributed by atoms with Crippen LogP contribution in [0, 0.1) is 28.6 Å². The maximum Gasteiger partial charge on any atom is 0.338 e. The quantitative estimate of drug-likeness (QED) is 0.357. The minimum Gasteiger partial charge on any atom is -0.454 e. The van der Waals surface area contributed by atoms with Gasteiger partial charge in [-0.25, -0.2) is 9.59 Å². The van der Waals surface area contributed by atoms with Crippen molar-refractivity contribution in [3.8, 4) is 0 Å². The first kappa shape index (κ1) is 29.9. The predicted octanol–water partition coefficient (Wildman–Crippen LogP) is 4.15. The SMILES string of the molecule is C/C=C(\C)C(=O)O[C@@H]1[C@@H](OC(=O)c2ccccc2)[C@@H]2[C@@]3(C)CC[C@H](O)C[C@@H]3CC[C@@]2(O)[C@@]2(O)CC[C@H](C(C)=O)[C@@]12C. The molecule has 0 saturated heterocycles. The van der Waals surface area contributed by atoms with Gasteiger partial charge in [-0.2, -0.15) is 0 Å². The van der Waals surface area contributed by atoms with Gasteiger partial charge in [-0.1, -0.05) is 38.1 Å². The zero-order valence-corrected chi connectivity index (χ0v) is 24.8. The zero-order chi connectivity index (χ0) is 30.0.